The Bertz CT molecular complexity index is 720. The van der Waals surface area contributed by atoms with Gasteiger partial charge < -0.3 is 15.4 Å². The standard InChI is InChI=1S/C14H14F3N3O6/c1-2-26-13(23)9-3-8(4-10(5-9)20(24)25)12(22)18-6-11(21)19-7-14(15,16)17/h3-5H,2,6-7H2,1H3,(H,18,22)(H,19,21). The lowest BCUT2D eigenvalue weighted by atomic mass is 10.1. The highest BCUT2D eigenvalue weighted by Gasteiger charge is 2.27. The van der Waals surface area contributed by atoms with Gasteiger partial charge in [0.15, 0.2) is 0 Å². The Morgan fingerprint density at radius 2 is 1.77 bits per heavy atom. The number of amides is 2. The summed E-state index contributed by atoms with van der Waals surface area (Å²) < 4.78 is 40.6. The molecule has 2 amide bonds. The quantitative estimate of drug-likeness (QED) is 0.417. The number of nitrogens with one attached hydrogen (secondary N) is 2. The highest BCUT2D eigenvalue weighted by Crippen LogP contribution is 2.18. The fourth-order valence-electron chi connectivity index (χ4n) is 1.70. The Morgan fingerprint density at radius 3 is 2.31 bits per heavy atom. The van der Waals surface area contributed by atoms with Crippen LogP contribution in [0.5, 0.6) is 0 Å². The van der Waals surface area contributed by atoms with Gasteiger partial charge in [0.2, 0.25) is 5.91 Å². The highest BCUT2D eigenvalue weighted by molar-refractivity contribution is 6.00. The second kappa shape index (κ2) is 8.78. The largest absolute Gasteiger partial charge is 0.462 e. The fourth-order valence-corrected chi connectivity index (χ4v) is 1.70. The summed E-state index contributed by atoms with van der Waals surface area (Å²) in [6, 6.07) is 2.77. The summed E-state index contributed by atoms with van der Waals surface area (Å²) in [5.41, 5.74) is -1.15. The molecule has 0 aliphatic heterocycles. The Balaban J connectivity index is 2.86. The van der Waals surface area contributed by atoms with Gasteiger partial charge in [-0.25, -0.2) is 4.79 Å². The molecule has 0 aliphatic carbocycles. The van der Waals surface area contributed by atoms with Crippen molar-refractivity contribution in [2.24, 2.45) is 0 Å². The van der Waals surface area contributed by atoms with E-state index in [4.69, 9.17) is 4.74 Å². The normalized spacial score (nSPS) is 10.8. The fraction of sp³-hybridized carbons (Fsp3) is 0.357. The predicted molar refractivity (Wildman–Crippen MR) is 80.5 cm³/mol. The van der Waals surface area contributed by atoms with E-state index in [9.17, 15) is 37.7 Å². The van der Waals surface area contributed by atoms with Crippen LogP contribution in [0, 0.1) is 10.1 Å². The van der Waals surface area contributed by atoms with Crippen molar-refractivity contribution in [1.82, 2.24) is 10.6 Å². The number of carbonyl (C=O) groups excluding carboxylic acids is 3. The lowest BCUT2D eigenvalue weighted by Crippen LogP contribution is -2.40. The van der Waals surface area contributed by atoms with Gasteiger partial charge in [0.1, 0.15) is 6.54 Å². The molecule has 0 unspecified atom stereocenters. The summed E-state index contributed by atoms with van der Waals surface area (Å²) in [4.78, 5) is 45.0. The lowest BCUT2D eigenvalue weighted by molar-refractivity contribution is -0.384. The van der Waals surface area contributed by atoms with E-state index < -0.39 is 47.7 Å². The molecule has 2 N–H and O–H groups in total. The number of ether oxygens (including phenoxy) is 1. The third kappa shape index (κ3) is 6.75. The topological polar surface area (TPSA) is 128 Å². The molecule has 0 aromatic heterocycles. The Hall–Kier alpha value is -3.18. The number of nitro groups is 1. The van der Waals surface area contributed by atoms with Gasteiger partial charge >= 0.3 is 12.1 Å². The average molecular weight is 377 g/mol. The van der Waals surface area contributed by atoms with Crippen LogP contribution in [0.1, 0.15) is 27.6 Å². The highest BCUT2D eigenvalue weighted by atomic mass is 19.4. The molecule has 0 fully saturated rings. The van der Waals surface area contributed by atoms with Crippen molar-refractivity contribution in [3.05, 3.63) is 39.4 Å². The molecule has 1 aromatic rings. The molecular formula is C14H14F3N3O6. The third-order valence-electron chi connectivity index (χ3n) is 2.80. The molecule has 0 saturated carbocycles. The van der Waals surface area contributed by atoms with Crippen LogP contribution >= 0.6 is 0 Å². The second-order valence-electron chi connectivity index (χ2n) is 4.82. The molecule has 0 saturated heterocycles. The molecular weight excluding hydrogens is 363 g/mol. The molecule has 0 spiro atoms. The number of nitrogens with zero attached hydrogens (tertiary/aromatic N) is 1. The average Bonchev–Trinajstić information content (AvgIpc) is 2.56. The molecule has 12 heteroatoms. The summed E-state index contributed by atoms with van der Waals surface area (Å²) in [5, 5.41) is 14.5. The Morgan fingerprint density at radius 1 is 1.15 bits per heavy atom. The molecule has 0 aliphatic rings. The number of rotatable bonds is 7. The molecule has 1 rings (SSSR count). The van der Waals surface area contributed by atoms with Gasteiger partial charge in [0, 0.05) is 17.7 Å². The molecule has 26 heavy (non-hydrogen) atoms. The zero-order valence-corrected chi connectivity index (χ0v) is 13.4. The van der Waals surface area contributed by atoms with E-state index in [2.05, 4.69) is 0 Å². The minimum Gasteiger partial charge on any atom is -0.462 e. The first-order valence-electron chi connectivity index (χ1n) is 7.11. The number of halogens is 3. The van der Waals surface area contributed by atoms with Gasteiger partial charge in [-0.15, -0.1) is 0 Å². The lowest BCUT2D eigenvalue weighted by Gasteiger charge is -2.09. The van der Waals surface area contributed by atoms with Crippen LogP contribution in [0.2, 0.25) is 0 Å². The number of esters is 1. The number of hydrogen-bond donors (Lipinski definition) is 2. The molecule has 0 atom stereocenters. The van der Waals surface area contributed by atoms with Gasteiger partial charge in [-0.2, -0.15) is 13.2 Å². The van der Waals surface area contributed by atoms with Gasteiger partial charge in [-0.1, -0.05) is 0 Å². The van der Waals surface area contributed by atoms with Crippen LogP contribution in [-0.2, 0) is 9.53 Å². The van der Waals surface area contributed by atoms with E-state index in [-0.39, 0.29) is 17.7 Å². The molecule has 142 valence electrons. The minimum absolute atomic E-state index is 0.00241. The summed E-state index contributed by atoms with van der Waals surface area (Å²) in [6.07, 6.45) is -4.60. The zero-order chi connectivity index (χ0) is 19.9. The monoisotopic (exact) mass is 377 g/mol. The van der Waals surface area contributed by atoms with Crippen molar-refractivity contribution in [1.29, 1.82) is 0 Å². The second-order valence-corrected chi connectivity index (χ2v) is 4.82. The van der Waals surface area contributed by atoms with Crippen molar-refractivity contribution in [2.45, 2.75) is 13.1 Å². The molecule has 9 nitrogen and oxygen atoms in total. The first kappa shape index (κ1) is 20.9. The predicted octanol–water partition coefficient (Wildman–Crippen LogP) is 1.18. The van der Waals surface area contributed by atoms with Gasteiger partial charge in [0.25, 0.3) is 11.6 Å². The Kier molecular flexibility index (Phi) is 7.05. The van der Waals surface area contributed by atoms with E-state index in [1.54, 1.807) is 5.32 Å². The van der Waals surface area contributed by atoms with Crippen LogP contribution in [0.25, 0.3) is 0 Å². The number of carbonyl (C=O) groups is 3. The number of non-ortho nitro benzene ring substituents is 1. The zero-order valence-electron chi connectivity index (χ0n) is 13.4. The first-order chi connectivity index (χ1) is 12.0. The van der Waals surface area contributed by atoms with Gasteiger partial charge in [-0.3, -0.25) is 19.7 Å². The minimum atomic E-state index is -4.60. The third-order valence-corrected chi connectivity index (χ3v) is 2.80. The molecule has 0 bridgehead atoms. The number of benzene rings is 1. The van der Waals surface area contributed by atoms with Gasteiger partial charge in [0.05, 0.1) is 23.6 Å². The SMILES string of the molecule is CCOC(=O)c1cc(C(=O)NCC(=O)NCC(F)(F)F)cc([N+](=O)[O-])c1. The van der Waals surface area contributed by atoms with Crippen LogP contribution in [-0.4, -0.2) is 48.6 Å². The van der Waals surface area contributed by atoms with Crippen LogP contribution < -0.4 is 10.6 Å². The summed E-state index contributed by atoms with van der Waals surface area (Å²) in [5.74, 6) is -2.98. The van der Waals surface area contributed by atoms with E-state index >= 15 is 0 Å². The summed E-state index contributed by atoms with van der Waals surface area (Å²) in [6.45, 7) is -0.831. The van der Waals surface area contributed by atoms with Crippen LogP contribution in [0.15, 0.2) is 18.2 Å². The molecule has 0 radical (unpaired) electrons. The molecule has 0 heterocycles. The van der Waals surface area contributed by atoms with Crippen LogP contribution in [0.3, 0.4) is 0 Å². The van der Waals surface area contributed by atoms with Crippen molar-refractivity contribution in [3.8, 4) is 0 Å². The maximum absolute atomic E-state index is 12.0. The van der Waals surface area contributed by atoms with Gasteiger partial charge in [-0.05, 0) is 13.0 Å². The summed E-state index contributed by atoms with van der Waals surface area (Å²) >= 11 is 0. The number of nitro benzene ring substituents is 1. The van der Waals surface area contributed by atoms with Crippen molar-refractivity contribution in [3.63, 3.8) is 0 Å². The number of alkyl halides is 3. The van der Waals surface area contributed by atoms with Crippen LogP contribution in [0.4, 0.5) is 18.9 Å². The smallest absolute Gasteiger partial charge is 0.405 e. The van der Waals surface area contributed by atoms with Crippen molar-refractivity contribution in [2.75, 3.05) is 19.7 Å². The summed E-state index contributed by atoms with van der Waals surface area (Å²) in [7, 11) is 0. The van der Waals surface area contributed by atoms with E-state index in [0.717, 1.165) is 18.2 Å². The van der Waals surface area contributed by atoms with Crippen molar-refractivity contribution < 1.29 is 37.2 Å². The number of hydrogen-bond acceptors (Lipinski definition) is 6. The van der Waals surface area contributed by atoms with E-state index in [0.29, 0.717) is 0 Å². The molecule has 1 aromatic carbocycles. The first-order valence-corrected chi connectivity index (χ1v) is 7.11. The Labute approximate surface area is 144 Å². The van der Waals surface area contributed by atoms with E-state index in [1.807, 2.05) is 5.32 Å². The van der Waals surface area contributed by atoms with E-state index in [1.165, 1.54) is 6.92 Å². The maximum Gasteiger partial charge on any atom is 0.405 e. The maximum atomic E-state index is 12.0. The van der Waals surface area contributed by atoms with Crippen molar-refractivity contribution >= 4 is 23.5 Å².